The first-order valence-electron chi connectivity index (χ1n) is 7.08. The molecule has 2 aromatic rings. The highest BCUT2D eigenvalue weighted by molar-refractivity contribution is 14.1. The molecule has 1 aliphatic rings. The summed E-state index contributed by atoms with van der Waals surface area (Å²) in [4.78, 5) is 9.13. The summed E-state index contributed by atoms with van der Waals surface area (Å²) in [6.45, 7) is 7.11. The SMILES string of the molecule is CCNc1nc(-c2cccc3c2OC(C)(C)C3)ncc1I. The zero-order valence-corrected chi connectivity index (χ0v) is 14.6. The molecule has 1 aromatic heterocycles. The lowest BCUT2D eigenvalue weighted by Crippen LogP contribution is -2.24. The van der Waals surface area contributed by atoms with Crippen LogP contribution in [0.3, 0.4) is 0 Å². The number of aromatic nitrogens is 2. The normalized spacial score (nSPS) is 15.4. The molecule has 0 saturated carbocycles. The van der Waals surface area contributed by atoms with Gasteiger partial charge in [-0.3, -0.25) is 0 Å². The monoisotopic (exact) mass is 395 g/mol. The number of nitrogens with zero attached hydrogens (tertiary/aromatic N) is 2. The van der Waals surface area contributed by atoms with Gasteiger partial charge in [-0.25, -0.2) is 9.97 Å². The summed E-state index contributed by atoms with van der Waals surface area (Å²) in [5.74, 6) is 2.50. The van der Waals surface area contributed by atoms with Crippen LogP contribution in [0, 0.1) is 3.57 Å². The van der Waals surface area contributed by atoms with Crippen LogP contribution in [0.15, 0.2) is 24.4 Å². The van der Waals surface area contributed by atoms with Crippen LogP contribution in [0.2, 0.25) is 0 Å². The fourth-order valence-corrected chi connectivity index (χ4v) is 3.03. The second kappa shape index (κ2) is 5.44. The number of hydrogen-bond acceptors (Lipinski definition) is 4. The van der Waals surface area contributed by atoms with Gasteiger partial charge in [-0.1, -0.05) is 12.1 Å². The number of hydrogen-bond donors (Lipinski definition) is 1. The van der Waals surface area contributed by atoms with E-state index >= 15 is 0 Å². The van der Waals surface area contributed by atoms with Crippen LogP contribution in [0.1, 0.15) is 26.3 Å². The average molecular weight is 395 g/mol. The minimum Gasteiger partial charge on any atom is -0.486 e. The van der Waals surface area contributed by atoms with Gasteiger partial charge in [0.05, 0.1) is 9.13 Å². The van der Waals surface area contributed by atoms with E-state index in [0.717, 1.165) is 33.7 Å². The fraction of sp³-hybridized carbons (Fsp3) is 0.375. The maximum atomic E-state index is 6.11. The van der Waals surface area contributed by atoms with Gasteiger partial charge in [0, 0.05) is 19.2 Å². The molecule has 3 rings (SSSR count). The maximum Gasteiger partial charge on any atom is 0.165 e. The Balaban J connectivity index is 2.07. The Bertz CT molecular complexity index is 685. The van der Waals surface area contributed by atoms with Gasteiger partial charge in [0.2, 0.25) is 0 Å². The molecule has 4 nitrogen and oxygen atoms in total. The van der Waals surface area contributed by atoms with Gasteiger partial charge in [0.15, 0.2) is 5.82 Å². The van der Waals surface area contributed by atoms with Gasteiger partial charge in [-0.05, 0) is 55.0 Å². The summed E-state index contributed by atoms with van der Waals surface area (Å²) in [6.07, 6.45) is 2.76. The number of rotatable bonds is 3. The van der Waals surface area contributed by atoms with Crippen LogP contribution < -0.4 is 10.1 Å². The third kappa shape index (κ3) is 2.84. The molecule has 0 unspecified atom stereocenters. The molecular formula is C16H18IN3O. The van der Waals surface area contributed by atoms with Crippen LogP contribution >= 0.6 is 22.6 Å². The van der Waals surface area contributed by atoms with Crippen molar-refractivity contribution < 1.29 is 4.74 Å². The quantitative estimate of drug-likeness (QED) is 0.802. The van der Waals surface area contributed by atoms with Crippen LogP contribution in [0.5, 0.6) is 5.75 Å². The summed E-state index contributed by atoms with van der Waals surface area (Å²) in [6, 6.07) is 6.19. The lowest BCUT2D eigenvalue weighted by atomic mass is 10.0. The topological polar surface area (TPSA) is 47.0 Å². The van der Waals surface area contributed by atoms with E-state index in [1.54, 1.807) is 0 Å². The molecule has 0 radical (unpaired) electrons. The van der Waals surface area contributed by atoms with Crippen LogP contribution in [0.25, 0.3) is 11.4 Å². The molecule has 1 N–H and O–H groups in total. The molecule has 0 spiro atoms. The predicted octanol–water partition coefficient (Wildman–Crippen LogP) is 3.89. The van der Waals surface area contributed by atoms with Crippen molar-refractivity contribution >= 4 is 28.4 Å². The summed E-state index contributed by atoms with van der Waals surface area (Å²) >= 11 is 2.24. The Morgan fingerprint density at radius 1 is 1.38 bits per heavy atom. The molecule has 0 aliphatic carbocycles. The van der Waals surface area contributed by atoms with Gasteiger partial charge in [0.25, 0.3) is 0 Å². The Hall–Kier alpha value is -1.37. The molecule has 1 aliphatic heterocycles. The van der Waals surface area contributed by atoms with E-state index in [-0.39, 0.29) is 5.60 Å². The minimum absolute atomic E-state index is 0.161. The van der Waals surface area contributed by atoms with Gasteiger partial charge >= 0.3 is 0 Å². The number of nitrogens with one attached hydrogen (secondary N) is 1. The summed E-state index contributed by atoms with van der Waals surface area (Å²) in [5, 5.41) is 3.27. The Kier molecular flexibility index (Phi) is 3.77. The number of anilines is 1. The van der Waals surface area contributed by atoms with Crippen molar-refractivity contribution in [2.75, 3.05) is 11.9 Å². The molecule has 0 bridgehead atoms. The lowest BCUT2D eigenvalue weighted by Gasteiger charge is -2.18. The van der Waals surface area contributed by atoms with E-state index in [1.807, 2.05) is 18.3 Å². The molecule has 0 amide bonds. The number of halogens is 1. The number of benzene rings is 1. The Morgan fingerprint density at radius 3 is 2.95 bits per heavy atom. The standard InChI is InChI=1S/C16H18IN3O/c1-4-18-15-12(17)9-19-14(20-15)11-7-5-6-10-8-16(2,3)21-13(10)11/h5-7,9H,4,8H2,1-3H3,(H,18,19,20). The number of fused-ring (bicyclic) bond motifs is 1. The maximum absolute atomic E-state index is 6.11. The molecular weight excluding hydrogens is 377 g/mol. The molecule has 0 atom stereocenters. The van der Waals surface area contributed by atoms with E-state index in [2.05, 4.69) is 64.7 Å². The molecule has 110 valence electrons. The van der Waals surface area contributed by atoms with Gasteiger partial charge in [0.1, 0.15) is 17.2 Å². The van der Waals surface area contributed by atoms with Gasteiger partial charge in [-0.2, -0.15) is 0 Å². The van der Waals surface area contributed by atoms with E-state index in [4.69, 9.17) is 4.74 Å². The van der Waals surface area contributed by atoms with Crippen molar-refractivity contribution in [1.82, 2.24) is 9.97 Å². The van der Waals surface area contributed by atoms with Crippen molar-refractivity contribution in [1.29, 1.82) is 0 Å². The average Bonchev–Trinajstić information content (AvgIpc) is 2.75. The first kappa shape index (κ1) is 14.6. The van der Waals surface area contributed by atoms with Crippen molar-refractivity contribution in [2.45, 2.75) is 32.8 Å². The summed E-state index contributed by atoms with van der Waals surface area (Å²) in [5.41, 5.74) is 2.03. The highest BCUT2D eigenvalue weighted by Crippen LogP contribution is 2.41. The zero-order chi connectivity index (χ0) is 15.0. The van der Waals surface area contributed by atoms with E-state index < -0.39 is 0 Å². The van der Waals surface area contributed by atoms with Crippen LogP contribution in [-0.2, 0) is 6.42 Å². The second-order valence-corrected chi connectivity index (χ2v) is 6.92. The smallest absolute Gasteiger partial charge is 0.165 e. The minimum atomic E-state index is -0.161. The first-order valence-corrected chi connectivity index (χ1v) is 8.16. The predicted molar refractivity (Wildman–Crippen MR) is 92.8 cm³/mol. The van der Waals surface area contributed by atoms with E-state index in [1.165, 1.54) is 5.56 Å². The summed E-state index contributed by atoms with van der Waals surface area (Å²) in [7, 11) is 0. The molecule has 0 saturated heterocycles. The molecule has 2 heterocycles. The van der Waals surface area contributed by atoms with Gasteiger partial charge < -0.3 is 10.1 Å². The largest absolute Gasteiger partial charge is 0.486 e. The zero-order valence-electron chi connectivity index (χ0n) is 12.4. The van der Waals surface area contributed by atoms with Crippen molar-refractivity contribution in [2.24, 2.45) is 0 Å². The lowest BCUT2D eigenvalue weighted by molar-refractivity contribution is 0.139. The summed E-state index contributed by atoms with van der Waals surface area (Å²) < 4.78 is 7.13. The van der Waals surface area contributed by atoms with Crippen LogP contribution in [-0.4, -0.2) is 22.1 Å². The third-order valence-electron chi connectivity index (χ3n) is 3.42. The van der Waals surface area contributed by atoms with Crippen molar-refractivity contribution in [3.8, 4) is 17.1 Å². The van der Waals surface area contributed by atoms with Gasteiger partial charge in [-0.15, -0.1) is 0 Å². The highest BCUT2D eigenvalue weighted by Gasteiger charge is 2.32. The molecule has 21 heavy (non-hydrogen) atoms. The number of para-hydroxylation sites is 1. The van der Waals surface area contributed by atoms with E-state index in [9.17, 15) is 0 Å². The fourth-order valence-electron chi connectivity index (χ4n) is 2.58. The van der Waals surface area contributed by atoms with E-state index in [0.29, 0.717) is 5.82 Å². The number of ether oxygens (including phenoxy) is 1. The third-order valence-corrected chi connectivity index (χ3v) is 4.21. The molecule has 0 fully saturated rings. The van der Waals surface area contributed by atoms with Crippen LogP contribution in [0.4, 0.5) is 5.82 Å². The van der Waals surface area contributed by atoms with Crippen molar-refractivity contribution in [3.63, 3.8) is 0 Å². The molecule has 5 heteroatoms. The second-order valence-electron chi connectivity index (χ2n) is 5.75. The van der Waals surface area contributed by atoms with Crippen molar-refractivity contribution in [3.05, 3.63) is 33.5 Å². The Morgan fingerprint density at radius 2 is 2.19 bits per heavy atom. The molecule has 1 aromatic carbocycles. The highest BCUT2D eigenvalue weighted by atomic mass is 127. The first-order chi connectivity index (χ1) is 10.00. The Labute approximate surface area is 138 Å².